The lowest BCUT2D eigenvalue weighted by Gasteiger charge is -2.32. The molecule has 0 spiro atoms. The first-order valence-electron chi connectivity index (χ1n) is 15.5. The van der Waals surface area contributed by atoms with Gasteiger partial charge in [-0.2, -0.15) is 5.10 Å². The van der Waals surface area contributed by atoms with Crippen molar-refractivity contribution < 1.29 is 19.1 Å². The maximum absolute atomic E-state index is 12.9. The van der Waals surface area contributed by atoms with Gasteiger partial charge in [0.05, 0.1) is 17.3 Å². The number of piperidine rings is 1. The van der Waals surface area contributed by atoms with Gasteiger partial charge in [0.15, 0.2) is 5.96 Å². The predicted molar refractivity (Wildman–Crippen MR) is 184 cm³/mol. The highest BCUT2D eigenvalue weighted by atomic mass is 35.5. The molecule has 1 atom stereocenters. The van der Waals surface area contributed by atoms with Gasteiger partial charge in [0.1, 0.15) is 23.4 Å². The minimum absolute atomic E-state index is 0.113. The molecule has 3 amide bonds. The highest BCUT2D eigenvalue weighted by Crippen LogP contribution is 2.40. The van der Waals surface area contributed by atoms with Crippen LogP contribution in [-0.2, 0) is 28.0 Å². The summed E-state index contributed by atoms with van der Waals surface area (Å²) in [5.74, 6) is 0.0227. The minimum Gasteiger partial charge on any atom is -0.487 e. The second-order valence-electron chi connectivity index (χ2n) is 12.1. The third kappa shape index (κ3) is 9.61. The average Bonchev–Trinajstić information content (AvgIpc) is 3.41. The third-order valence-electron chi connectivity index (χ3n) is 7.89. The van der Waals surface area contributed by atoms with E-state index in [2.05, 4.69) is 15.6 Å². The number of aryl methyl sites for hydroxylation is 1. The molecule has 1 aliphatic rings. The van der Waals surface area contributed by atoms with Gasteiger partial charge < -0.3 is 31.7 Å². The van der Waals surface area contributed by atoms with E-state index in [1.165, 1.54) is 6.92 Å². The van der Waals surface area contributed by atoms with Crippen molar-refractivity contribution in [3.63, 3.8) is 0 Å². The Morgan fingerprint density at radius 3 is 2.36 bits per heavy atom. The number of amides is 3. The first-order chi connectivity index (χ1) is 22.3. The number of rotatable bonds is 12. The molecule has 1 aliphatic heterocycles. The molecule has 12 nitrogen and oxygen atoms in total. The molecule has 47 heavy (non-hydrogen) atoms. The van der Waals surface area contributed by atoms with E-state index in [0.29, 0.717) is 52.2 Å². The summed E-state index contributed by atoms with van der Waals surface area (Å²) in [5.41, 5.74) is 15.0. The standard InChI is InChI=1S/C33H42Cl2N8O4/c1-19(2)15-26(40-33(36)37)32(46)38-17-29(45)43-13-11-22(12-14-43)27-16-25(41-42(27)4)24-9-10-28(31(35)30(24)34)47-18-21-5-7-23(8-6-21)39-20(3)44/h5-10,16,19,22,26H,11-15,17-18H2,1-4H3,(H,38,46)(H,39,44)(H4,36,37,40). The van der Waals surface area contributed by atoms with E-state index in [1.807, 2.05) is 49.8 Å². The smallest absolute Gasteiger partial charge is 0.245 e. The third-order valence-corrected chi connectivity index (χ3v) is 8.75. The number of hydrogen-bond donors (Lipinski definition) is 4. The SMILES string of the molecule is CC(=O)Nc1ccc(COc2ccc(-c3cc(C4CCN(C(=O)CNC(=O)C(CC(C)C)N=C(N)N)CC4)n(C)n3)c(Cl)c2Cl)cc1. The molecule has 0 radical (unpaired) electrons. The average molecular weight is 686 g/mol. The van der Waals surface area contributed by atoms with Crippen molar-refractivity contribution in [3.8, 4) is 17.0 Å². The molecule has 2 heterocycles. The predicted octanol–water partition coefficient (Wildman–Crippen LogP) is 4.44. The molecular formula is C33H42Cl2N8O4. The summed E-state index contributed by atoms with van der Waals surface area (Å²) in [6, 6.07) is 12.2. The number of likely N-dealkylation sites (tertiary alicyclic amines) is 1. The van der Waals surface area contributed by atoms with Crippen LogP contribution >= 0.6 is 23.2 Å². The lowest BCUT2D eigenvalue weighted by atomic mass is 9.92. The van der Waals surface area contributed by atoms with Crippen molar-refractivity contribution >= 4 is 52.6 Å². The van der Waals surface area contributed by atoms with Crippen LogP contribution in [0.1, 0.15) is 57.2 Å². The van der Waals surface area contributed by atoms with Crippen molar-refractivity contribution in [1.82, 2.24) is 20.0 Å². The van der Waals surface area contributed by atoms with Gasteiger partial charge in [-0.15, -0.1) is 0 Å². The van der Waals surface area contributed by atoms with Crippen LogP contribution in [0.4, 0.5) is 5.69 Å². The summed E-state index contributed by atoms with van der Waals surface area (Å²) in [4.78, 5) is 42.6. The van der Waals surface area contributed by atoms with Crippen LogP contribution in [0.3, 0.4) is 0 Å². The number of carbonyl (C=O) groups is 3. The Bertz CT molecular complexity index is 1610. The summed E-state index contributed by atoms with van der Waals surface area (Å²) in [6.45, 7) is 6.67. The van der Waals surface area contributed by atoms with E-state index in [-0.39, 0.29) is 48.7 Å². The molecule has 0 aliphatic carbocycles. The Labute approximate surface area is 284 Å². The topological polar surface area (TPSA) is 170 Å². The number of aliphatic imine (C=N–C) groups is 1. The largest absolute Gasteiger partial charge is 0.487 e. The number of nitrogens with two attached hydrogens (primary N) is 2. The fourth-order valence-electron chi connectivity index (χ4n) is 5.55. The Hall–Kier alpha value is -4.29. The van der Waals surface area contributed by atoms with Crippen LogP contribution in [0.2, 0.25) is 10.0 Å². The minimum atomic E-state index is -0.731. The van der Waals surface area contributed by atoms with Gasteiger partial charge in [0.25, 0.3) is 0 Å². The summed E-state index contributed by atoms with van der Waals surface area (Å²) in [5, 5.41) is 10.8. The molecule has 1 fully saturated rings. The first-order valence-corrected chi connectivity index (χ1v) is 16.2. The Morgan fingerprint density at radius 2 is 1.74 bits per heavy atom. The van der Waals surface area contributed by atoms with Crippen LogP contribution in [0.5, 0.6) is 5.75 Å². The summed E-state index contributed by atoms with van der Waals surface area (Å²) in [6.07, 6.45) is 1.97. The van der Waals surface area contributed by atoms with Gasteiger partial charge >= 0.3 is 0 Å². The van der Waals surface area contributed by atoms with Crippen molar-refractivity contribution in [1.29, 1.82) is 0 Å². The number of hydrogen-bond acceptors (Lipinski definition) is 6. The van der Waals surface area contributed by atoms with Gasteiger partial charge in [-0.3, -0.25) is 19.1 Å². The molecule has 1 saturated heterocycles. The zero-order valence-electron chi connectivity index (χ0n) is 27.1. The first kappa shape index (κ1) is 35.6. The molecule has 1 unspecified atom stereocenters. The van der Waals surface area contributed by atoms with Gasteiger partial charge in [-0.05, 0) is 61.1 Å². The van der Waals surface area contributed by atoms with Crippen molar-refractivity contribution in [2.45, 2.75) is 58.6 Å². The van der Waals surface area contributed by atoms with E-state index in [9.17, 15) is 14.4 Å². The fourth-order valence-corrected chi connectivity index (χ4v) is 6.02. The van der Waals surface area contributed by atoms with E-state index in [1.54, 1.807) is 23.1 Å². The number of anilines is 1. The highest BCUT2D eigenvalue weighted by Gasteiger charge is 2.28. The van der Waals surface area contributed by atoms with Crippen LogP contribution < -0.4 is 26.8 Å². The quantitative estimate of drug-likeness (QED) is 0.161. The zero-order valence-corrected chi connectivity index (χ0v) is 28.6. The maximum Gasteiger partial charge on any atom is 0.245 e. The van der Waals surface area contributed by atoms with E-state index < -0.39 is 6.04 Å². The second kappa shape index (κ2) is 16.0. The van der Waals surface area contributed by atoms with Crippen LogP contribution in [0.25, 0.3) is 11.3 Å². The van der Waals surface area contributed by atoms with Gasteiger partial charge in [0.2, 0.25) is 17.7 Å². The molecule has 0 bridgehead atoms. The summed E-state index contributed by atoms with van der Waals surface area (Å²) in [7, 11) is 1.89. The Balaban J connectivity index is 1.33. The number of ether oxygens (including phenoxy) is 1. The summed E-state index contributed by atoms with van der Waals surface area (Å²) >= 11 is 13.3. The lowest BCUT2D eigenvalue weighted by Crippen LogP contribution is -2.46. The highest BCUT2D eigenvalue weighted by molar-refractivity contribution is 6.44. The van der Waals surface area contributed by atoms with Crippen LogP contribution in [-0.4, -0.2) is 64.0 Å². The molecule has 6 N–H and O–H groups in total. The molecular weight excluding hydrogens is 643 g/mol. The van der Waals surface area contributed by atoms with Gasteiger partial charge in [-0.25, -0.2) is 4.99 Å². The number of nitrogens with one attached hydrogen (secondary N) is 2. The Morgan fingerprint density at radius 1 is 1.06 bits per heavy atom. The molecule has 4 rings (SSSR count). The van der Waals surface area contributed by atoms with Crippen molar-refractivity contribution in [2.75, 3.05) is 25.0 Å². The molecule has 3 aromatic rings. The number of nitrogens with zero attached hydrogens (tertiary/aromatic N) is 4. The van der Waals surface area contributed by atoms with Gasteiger partial charge in [0, 0.05) is 49.9 Å². The Kier molecular flexibility index (Phi) is 12.1. The molecule has 252 valence electrons. The van der Waals surface area contributed by atoms with Crippen molar-refractivity contribution in [2.24, 2.45) is 29.4 Å². The normalized spacial score (nSPS) is 14.1. The number of halogens is 2. The summed E-state index contributed by atoms with van der Waals surface area (Å²) < 4.78 is 7.78. The molecule has 2 aromatic carbocycles. The van der Waals surface area contributed by atoms with Crippen LogP contribution in [0, 0.1) is 5.92 Å². The van der Waals surface area contributed by atoms with E-state index in [0.717, 1.165) is 24.1 Å². The fraction of sp³-hybridized carbons (Fsp3) is 0.424. The molecule has 14 heteroatoms. The monoisotopic (exact) mass is 684 g/mol. The lowest BCUT2D eigenvalue weighted by molar-refractivity contribution is -0.134. The van der Waals surface area contributed by atoms with Crippen LogP contribution in [0.15, 0.2) is 47.5 Å². The second-order valence-corrected chi connectivity index (χ2v) is 12.8. The van der Waals surface area contributed by atoms with Crippen molar-refractivity contribution in [3.05, 3.63) is 63.8 Å². The van der Waals surface area contributed by atoms with E-state index >= 15 is 0 Å². The molecule has 0 saturated carbocycles. The van der Waals surface area contributed by atoms with E-state index in [4.69, 9.17) is 44.5 Å². The van der Waals surface area contributed by atoms with Gasteiger partial charge in [-0.1, -0.05) is 49.2 Å². The number of aromatic nitrogens is 2. The number of guanidine groups is 1. The molecule has 1 aromatic heterocycles. The number of benzene rings is 2. The zero-order chi connectivity index (χ0) is 34.2. The maximum atomic E-state index is 12.9. The number of carbonyl (C=O) groups excluding carboxylic acids is 3.